The highest BCUT2D eigenvalue weighted by molar-refractivity contribution is 5.85. The van der Waals surface area contributed by atoms with Gasteiger partial charge < -0.3 is 15.0 Å². The van der Waals surface area contributed by atoms with Crippen LogP contribution in [-0.4, -0.2) is 35.0 Å². The van der Waals surface area contributed by atoms with E-state index in [9.17, 15) is 9.59 Å². The van der Waals surface area contributed by atoms with Gasteiger partial charge in [-0.1, -0.05) is 0 Å². The second-order valence-corrected chi connectivity index (χ2v) is 3.06. The summed E-state index contributed by atoms with van der Waals surface area (Å²) in [7, 11) is 1.28. The van der Waals surface area contributed by atoms with E-state index in [4.69, 9.17) is 0 Å². The molecular formula is C9H14ClN3O3. The molecule has 0 aliphatic rings. The van der Waals surface area contributed by atoms with Gasteiger partial charge in [0.15, 0.2) is 0 Å². The maximum absolute atomic E-state index is 11.3. The summed E-state index contributed by atoms with van der Waals surface area (Å²) in [6.45, 7) is 1.35. The third-order valence-corrected chi connectivity index (χ3v) is 1.84. The first-order chi connectivity index (χ1) is 7.13. The van der Waals surface area contributed by atoms with Crippen molar-refractivity contribution in [3.05, 3.63) is 18.2 Å². The number of nitrogens with zero attached hydrogens (tertiary/aromatic N) is 1. The van der Waals surface area contributed by atoms with E-state index in [1.807, 2.05) is 0 Å². The zero-order chi connectivity index (χ0) is 11.3. The molecule has 2 N–H and O–H groups in total. The van der Waals surface area contributed by atoms with Gasteiger partial charge in [-0.3, -0.25) is 4.79 Å². The van der Waals surface area contributed by atoms with Crippen molar-refractivity contribution in [3.8, 4) is 0 Å². The number of hydrogen-bond donors (Lipinski definition) is 2. The molecular weight excluding hydrogens is 234 g/mol. The highest BCUT2D eigenvalue weighted by Crippen LogP contribution is 2.00. The van der Waals surface area contributed by atoms with Gasteiger partial charge >= 0.3 is 5.97 Å². The van der Waals surface area contributed by atoms with Gasteiger partial charge in [0.2, 0.25) is 5.91 Å². The first kappa shape index (κ1) is 14.4. The first-order valence-electron chi connectivity index (χ1n) is 4.45. The van der Waals surface area contributed by atoms with Gasteiger partial charge in [0.1, 0.15) is 6.04 Å². The fourth-order valence-corrected chi connectivity index (χ4v) is 1.20. The highest BCUT2D eigenvalue weighted by atomic mass is 35.5. The zero-order valence-corrected chi connectivity index (χ0v) is 9.84. The SMILES string of the molecule is COC(=O)[C@H](Cc1cnc[nH]1)NC(C)=O.Cl. The number of esters is 1. The lowest BCUT2D eigenvalue weighted by atomic mass is 10.1. The lowest BCUT2D eigenvalue weighted by Gasteiger charge is -2.13. The van der Waals surface area contributed by atoms with Gasteiger partial charge in [0.25, 0.3) is 0 Å². The van der Waals surface area contributed by atoms with Crippen LogP contribution in [0.5, 0.6) is 0 Å². The topological polar surface area (TPSA) is 84.1 Å². The van der Waals surface area contributed by atoms with Crippen LogP contribution in [0.3, 0.4) is 0 Å². The standard InChI is InChI=1S/C9H13N3O3.ClH/c1-6(13)12-8(9(14)15-2)3-7-4-10-5-11-7;/h4-5,8H,3H2,1-2H3,(H,10,11)(H,12,13);1H/t8-;/m0./s1. The molecule has 6 nitrogen and oxygen atoms in total. The Morgan fingerprint density at radius 1 is 1.62 bits per heavy atom. The highest BCUT2D eigenvalue weighted by Gasteiger charge is 2.20. The number of amides is 1. The number of hydrogen-bond acceptors (Lipinski definition) is 4. The first-order valence-corrected chi connectivity index (χ1v) is 4.45. The van der Waals surface area contributed by atoms with Crippen molar-refractivity contribution in [2.75, 3.05) is 7.11 Å². The van der Waals surface area contributed by atoms with Crippen LogP contribution in [-0.2, 0) is 20.7 Å². The van der Waals surface area contributed by atoms with E-state index in [1.54, 1.807) is 6.20 Å². The van der Waals surface area contributed by atoms with Gasteiger partial charge in [-0.05, 0) is 0 Å². The van der Waals surface area contributed by atoms with Crippen LogP contribution < -0.4 is 5.32 Å². The average Bonchev–Trinajstić information content (AvgIpc) is 2.67. The molecule has 0 aliphatic carbocycles. The number of aromatic amines is 1. The molecule has 0 radical (unpaired) electrons. The van der Waals surface area contributed by atoms with Crippen molar-refractivity contribution >= 4 is 24.3 Å². The molecule has 0 fully saturated rings. The van der Waals surface area contributed by atoms with E-state index in [-0.39, 0.29) is 18.3 Å². The molecule has 1 amide bonds. The number of nitrogens with one attached hydrogen (secondary N) is 2. The van der Waals surface area contributed by atoms with E-state index >= 15 is 0 Å². The molecule has 1 atom stereocenters. The van der Waals surface area contributed by atoms with Crippen molar-refractivity contribution in [1.82, 2.24) is 15.3 Å². The molecule has 0 saturated heterocycles. The smallest absolute Gasteiger partial charge is 0.328 e. The molecule has 0 aromatic carbocycles. The summed E-state index contributed by atoms with van der Waals surface area (Å²) in [6, 6.07) is -0.673. The summed E-state index contributed by atoms with van der Waals surface area (Å²) in [6.07, 6.45) is 3.45. The number of carbonyl (C=O) groups is 2. The largest absolute Gasteiger partial charge is 0.467 e. The fraction of sp³-hybridized carbons (Fsp3) is 0.444. The minimum absolute atomic E-state index is 0. The molecule has 16 heavy (non-hydrogen) atoms. The van der Waals surface area contributed by atoms with Crippen LogP contribution >= 0.6 is 12.4 Å². The molecule has 0 aliphatic heterocycles. The lowest BCUT2D eigenvalue weighted by molar-refractivity contribution is -0.144. The van der Waals surface area contributed by atoms with Crippen molar-refractivity contribution < 1.29 is 14.3 Å². The Morgan fingerprint density at radius 3 is 2.75 bits per heavy atom. The Balaban J connectivity index is 0.00000225. The quantitative estimate of drug-likeness (QED) is 0.737. The summed E-state index contributed by atoms with van der Waals surface area (Å²) < 4.78 is 4.57. The molecule has 1 heterocycles. The maximum atomic E-state index is 11.3. The van der Waals surface area contributed by atoms with Crippen molar-refractivity contribution in [2.45, 2.75) is 19.4 Å². The lowest BCUT2D eigenvalue weighted by Crippen LogP contribution is -2.42. The molecule has 7 heteroatoms. The van der Waals surface area contributed by atoms with Gasteiger partial charge in [-0.15, -0.1) is 12.4 Å². The van der Waals surface area contributed by atoms with Crippen LogP contribution in [0, 0.1) is 0 Å². The van der Waals surface area contributed by atoms with E-state index in [1.165, 1.54) is 20.4 Å². The normalized spacial score (nSPS) is 11.1. The Kier molecular flexibility index (Phi) is 6.17. The Morgan fingerprint density at radius 2 is 2.31 bits per heavy atom. The molecule has 1 rings (SSSR count). The number of methoxy groups -OCH3 is 1. The molecule has 0 spiro atoms. The predicted octanol–water partition coefficient (Wildman–Crippen LogP) is 0.0517. The van der Waals surface area contributed by atoms with Gasteiger partial charge in [0.05, 0.1) is 13.4 Å². The van der Waals surface area contributed by atoms with Gasteiger partial charge in [0, 0.05) is 25.2 Å². The summed E-state index contributed by atoms with van der Waals surface area (Å²) in [5.74, 6) is -0.746. The number of H-pyrrole nitrogens is 1. The number of imidazole rings is 1. The molecule has 1 aromatic heterocycles. The van der Waals surface area contributed by atoms with E-state index in [0.717, 1.165) is 5.69 Å². The second kappa shape index (κ2) is 6.84. The second-order valence-electron chi connectivity index (χ2n) is 3.06. The number of aromatic nitrogens is 2. The molecule has 1 aromatic rings. The number of ether oxygens (including phenoxy) is 1. The Labute approximate surface area is 99.2 Å². The maximum Gasteiger partial charge on any atom is 0.328 e. The van der Waals surface area contributed by atoms with Crippen LogP contribution in [0.15, 0.2) is 12.5 Å². The summed E-state index contributed by atoms with van der Waals surface area (Å²) >= 11 is 0. The van der Waals surface area contributed by atoms with Crippen molar-refractivity contribution in [3.63, 3.8) is 0 Å². The Bertz CT molecular complexity index is 340. The number of carbonyl (C=O) groups excluding carboxylic acids is 2. The average molecular weight is 248 g/mol. The van der Waals surface area contributed by atoms with Gasteiger partial charge in [-0.2, -0.15) is 0 Å². The van der Waals surface area contributed by atoms with Crippen molar-refractivity contribution in [2.24, 2.45) is 0 Å². The monoisotopic (exact) mass is 247 g/mol. The molecule has 0 bridgehead atoms. The Hall–Kier alpha value is -1.56. The number of rotatable bonds is 4. The van der Waals surface area contributed by atoms with Crippen LogP contribution in [0.4, 0.5) is 0 Å². The van der Waals surface area contributed by atoms with E-state index in [0.29, 0.717) is 6.42 Å². The minimum atomic E-state index is -0.673. The van der Waals surface area contributed by atoms with E-state index < -0.39 is 12.0 Å². The minimum Gasteiger partial charge on any atom is -0.467 e. The summed E-state index contributed by atoms with van der Waals surface area (Å²) in [4.78, 5) is 28.8. The summed E-state index contributed by atoms with van der Waals surface area (Å²) in [5.41, 5.74) is 0.763. The summed E-state index contributed by atoms with van der Waals surface area (Å²) in [5, 5.41) is 2.51. The third kappa shape index (κ3) is 4.31. The van der Waals surface area contributed by atoms with E-state index in [2.05, 4.69) is 20.0 Å². The van der Waals surface area contributed by atoms with Crippen LogP contribution in [0.25, 0.3) is 0 Å². The van der Waals surface area contributed by atoms with Crippen molar-refractivity contribution in [1.29, 1.82) is 0 Å². The third-order valence-electron chi connectivity index (χ3n) is 1.84. The fourth-order valence-electron chi connectivity index (χ4n) is 1.20. The molecule has 0 unspecified atom stereocenters. The molecule has 0 saturated carbocycles. The van der Waals surface area contributed by atoms with Crippen LogP contribution in [0.2, 0.25) is 0 Å². The zero-order valence-electron chi connectivity index (χ0n) is 9.02. The van der Waals surface area contributed by atoms with Crippen LogP contribution in [0.1, 0.15) is 12.6 Å². The predicted molar refractivity (Wildman–Crippen MR) is 59.2 cm³/mol. The van der Waals surface area contributed by atoms with Gasteiger partial charge in [-0.25, -0.2) is 9.78 Å². The molecule has 90 valence electrons. The number of halogens is 1.